The summed E-state index contributed by atoms with van der Waals surface area (Å²) in [7, 11) is 0. The Balaban J connectivity index is 0.000000758. The Kier molecular flexibility index (Phi) is 6.45. The summed E-state index contributed by atoms with van der Waals surface area (Å²) < 4.78 is 0. The van der Waals surface area contributed by atoms with Crippen molar-refractivity contribution in [2.24, 2.45) is 0 Å². The molecule has 1 aromatic rings. The van der Waals surface area contributed by atoms with Crippen molar-refractivity contribution in [1.82, 2.24) is 19.8 Å². The van der Waals surface area contributed by atoms with Crippen molar-refractivity contribution in [2.75, 3.05) is 26.2 Å². The second kappa shape index (κ2) is 8.56. The van der Waals surface area contributed by atoms with Gasteiger partial charge in [-0.15, -0.1) is 0 Å². The highest BCUT2D eigenvalue weighted by molar-refractivity contribution is 5.98. The van der Waals surface area contributed by atoms with Crippen molar-refractivity contribution in [3.8, 4) is 0 Å². The molecule has 1 unspecified atom stereocenters. The van der Waals surface area contributed by atoms with E-state index in [2.05, 4.69) is 9.97 Å². The number of piperidine rings is 1. The molecule has 0 radical (unpaired) electrons. The molecular formula is C16H22N4O6. The van der Waals surface area contributed by atoms with Gasteiger partial charge >= 0.3 is 0 Å². The average molecular weight is 366 g/mol. The topological polar surface area (TPSA) is 144 Å². The fraction of sp³-hybridized carbons (Fsp3) is 0.562. The van der Waals surface area contributed by atoms with E-state index in [1.165, 1.54) is 17.3 Å². The number of nitrogens with zero attached hydrogens (tertiary/aromatic N) is 3. The highest BCUT2D eigenvalue weighted by Crippen LogP contribution is 2.38. The molecule has 2 aliphatic rings. The van der Waals surface area contributed by atoms with E-state index in [1.807, 2.05) is 0 Å². The fourth-order valence-corrected chi connectivity index (χ4v) is 3.69. The number of likely N-dealkylation sites (tertiary alicyclic amines) is 2. The number of carbonyl (C=O) groups excluding carboxylic acids is 2. The van der Waals surface area contributed by atoms with Gasteiger partial charge in [0.15, 0.2) is 5.69 Å². The number of hydrogen-bond acceptors (Lipinski definition) is 6. The quantitative estimate of drug-likeness (QED) is 0.586. The molecule has 2 fully saturated rings. The van der Waals surface area contributed by atoms with Crippen LogP contribution in [0.5, 0.6) is 0 Å². The van der Waals surface area contributed by atoms with Crippen LogP contribution in [0.3, 0.4) is 0 Å². The molecule has 1 aromatic heterocycles. The molecule has 10 heteroatoms. The maximum Gasteiger partial charge on any atom is 0.290 e. The van der Waals surface area contributed by atoms with Gasteiger partial charge in [-0.3, -0.25) is 19.2 Å². The second-order valence-corrected chi connectivity index (χ2v) is 6.08. The highest BCUT2D eigenvalue weighted by atomic mass is 16.3. The number of rotatable bonds is 3. The van der Waals surface area contributed by atoms with Gasteiger partial charge in [-0.1, -0.05) is 0 Å². The third kappa shape index (κ3) is 3.59. The molecule has 0 bridgehead atoms. The number of aromatic nitrogens is 2. The molecule has 3 N–H and O–H groups in total. The maximum atomic E-state index is 12.9. The van der Waals surface area contributed by atoms with Crippen molar-refractivity contribution in [3.63, 3.8) is 0 Å². The maximum absolute atomic E-state index is 12.9. The minimum Gasteiger partial charge on any atom is -0.483 e. The molecule has 0 saturated carbocycles. The van der Waals surface area contributed by atoms with Gasteiger partial charge < -0.3 is 25.0 Å². The van der Waals surface area contributed by atoms with E-state index in [0.29, 0.717) is 25.9 Å². The summed E-state index contributed by atoms with van der Waals surface area (Å²) in [4.78, 5) is 55.3. The first kappa shape index (κ1) is 19.6. The zero-order chi connectivity index (χ0) is 19.2. The molecule has 2 saturated heterocycles. The number of aliphatic hydroxyl groups is 1. The molecule has 10 nitrogen and oxygen atoms in total. The second-order valence-electron chi connectivity index (χ2n) is 6.08. The Morgan fingerprint density at radius 2 is 1.96 bits per heavy atom. The molecule has 0 aliphatic carbocycles. The molecule has 2 amide bonds. The Hall–Kier alpha value is -2.75. The number of carbonyl (C=O) groups is 3. The number of hydrogen-bond donors (Lipinski definition) is 3. The monoisotopic (exact) mass is 366 g/mol. The number of aromatic amines is 1. The van der Waals surface area contributed by atoms with Crippen LogP contribution in [0.15, 0.2) is 17.2 Å². The number of nitrogens with one attached hydrogen (secondary N) is 1. The van der Waals surface area contributed by atoms with Gasteiger partial charge in [0.25, 0.3) is 17.9 Å². The van der Waals surface area contributed by atoms with Crippen molar-refractivity contribution < 1.29 is 24.6 Å². The van der Waals surface area contributed by atoms with Crippen molar-refractivity contribution >= 4 is 18.3 Å². The summed E-state index contributed by atoms with van der Waals surface area (Å²) in [6.45, 7) is 0.948. The molecule has 142 valence electrons. The number of aliphatic hydroxyl groups excluding tert-OH is 1. The molecule has 1 spiro atoms. The normalized spacial score (nSPS) is 22.1. The number of β-amino-alcohol motifs (C(OH)–C–C–N with tert-alkyl or cyclic N) is 1. The van der Waals surface area contributed by atoms with Crippen molar-refractivity contribution in [2.45, 2.75) is 31.2 Å². The van der Waals surface area contributed by atoms with Gasteiger partial charge in [0.05, 0.1) is 6.61 Å². The number of amides is 2. The third-order valence-electron chi connectivity index (χ3n) is 4.72. The van der Waals surface area contributed by atoms with Gasteiger partial charge in [-0.25, -0.2) is 4.98 Å². The number of carboxylic acid groups (broad SMARTS) is 1. The summed E-state index contributed by atoms with van der Waals surface area (Å²) in [5, 5.41) is 16.0. The van der Waals surface area contributed by atoms with Crippen LogP contribution in [0, 0.1) is 0 Å². The van der Waals surface area contributed by atoms with Crippen LogP contribution in [0.25, 0.3) is 0 Å². The first-order valence-electron chi connectivity index (χ1n) is 8.35. The standard InChI is InChI=1S/C15H20N4O4.CH2O2/c20-10-9-18-7-1-3-15(14(18)23)4-2-8-19(15)13(22)11-12(21)17-6-5-16-11;2-1-3/h5-6,20H,1-4,7-10H2,(H,17,21);1H,(H,2,3). The molecule has 26 heavy (non-hydrogen) atoms. The SMILES string of the molecule is O=C(c1ncc[nH]c1=O)N1CCCC12CCCN(CCO)C2=O.O=CO. The van der Waals surface area contributed by atoms with Gasteiger partial charge in [-0.05, 0) is 25.7 Å². The lowest BCUT2D eigenvalue weighted by molar-refractivity contribution is -0.146. The molecule has 1 atom stereocenters. The van der Waals surface area contributed by atoms with Crippen molar-refractivity contribution in [3.05, 3.63) is 28.4 Å². The van der Waals surface area contributed by atoms with Gasteiger partial charge in [0, 0.05) is 32.0 Å². The Morgan fingerprint density at radius 1 is 1.31 bits per heavy atom. The van der Waals surface area contributed by atoms with Crippen LogP contribution in [0.1, 0.15) is 36.2 Å². The van der Waals surface area contributed by atoms with Crippen molar-refractivity contribution in [1.29, 1.82) is 0 Å². The largest absolute Gasteiger partial charge is 0.483 e. The zero-order valence-electron chi connectivity index (χ0n) is 14.3. The minimum atomic E-state index is -0.894. The van der Waals surface area contributed by atoms with Gasteiger partial charge in [-0.2, -0.15) is 0 Å². The fourth-order valence-electron chi connectivity index (χ4n) is 3.69. The summed E-state index contributed by atoms with van der Waals surface area (Å²) in [6.07, 6.45) is 5.39. The lowest BCUT2D eigenvalue weighted by atomic mass is 9.85. The molecule has 2 aliphatic heterocycles. The van der Waals surface area contributed by atoms with Gasteiger partial charge in [0.1, 0.15) is 5.54 Å². The molecule has 3 rings (SSSR count). The Labute approximate surface area is 149 Å². The van der Waals surface area contributed by atoms with E-state index in [4.69, 9.17) is 15.0 Å². The zero-order valence-corrected chi connectivity index (χ0v) is 14.3. The molecule has 3 heterocycles. The molecular weight excluding hydrogens is 344 g/mol. The van der Waals surface area contributed by atoms with E-state index in [1.54, 1.807) is 4.90 Å². The Bertz CT molecular complexity index is 719. The smallest absolute Gasteiger partial charge is 0.290 e. The van der Waals surface area contributed by atoms with E-state index < -0.39 is 17.0 Å². The van der Waals surface area contributed by atoms with E-state index in [-0.39, 0.29) is 31.2 Å². The lowest BCUT2D eigenvalue weighted by Crippen LogP contribution is -2.62. The van der Waals surface area contributed by atoms with E-state index in [0.717, 1.165) is 12.8 Å². The summed E-state index contributed by atoms with van der Waals surface area (Å²) in [5.41, 5.74) is -1.62. The first-order valence-corrected chi connectivity index (χ1v) is 8.35. The van der Waals surface area contributed by atoms with Crippen LogP contribution in [0.4, 0.5) is 0 Å². The van der Waals surface area contributed by atoms with Crippen LogP contribution in [0.2, 0.25) is 0 Å². The first-order chi connectivity index (χ1) is 12.5. The summed E-state index contributed by atoms with van der Waals surface area (Å²) in [6, 6.07) is 0. The third-order valence-corrected chi connectivity index (χ3v) is 4.72. The van der Waals surface area contributed by atoms with Crippen LogP contribution >= 0.6 is 0 Å². The van der Waals surface area contributed by atoms with Crippen LogP contribution in [-0.2, 0) is 9.59 Å². The van der Waals surface area contributed by atoms with Gasteiger partial charge in [0.2, 0.25) is 5.91 Å². The minimum absolute atomic E-state index is 0.102. The average Bonchev–Trinajstić information content (AvgIpc) is 3.04. The Morgan fingerprint density at radius 3 is 2.58 bits per heavy atom. The number of H-pyrrole nitrogens is 1. The predicted octanol–water partition coefficient (Wildman–Crippen LogP) is -0.940. The highest BCUT2D eigenvalue weighted by Gasteiger charge is 2.53. The van der Waals surface area contributed by atoms with E-state index in [9.17, 15) is 14.4 Å². The van der Waals surface area contributed by atoms with Crippen LogP contribution < -0.4 is 5.56 Å². The summed E-state index contributed by atoms with van der Waals surface area (Å²) in [5.74, 6) is -0.625. The van der Waals surface area contributed by atoms with Crippen LogP contribution in [-0.4, -0.2) is 80.0 Å². The van der Waals surface area contributed by atoms with E-state index >= 15 is 0 Å². The predicted molar refractivity (Wildman–Crippen MR) is 89.5 cm³/mol. The lowest BCUT2D eigenvalue weighted by Gasteiger charge is -2.44. The summed E-state index contributed by atoms with van der Waals surface area (Å²) >= 11 is 0. The molecule has 0 aromatic carbocycles.